The fraction of sp³-hybridized carbons (Fsp3) is 0.750. The maximum Gasteiger partial charge on any atom is 0.0962 e. The van der Waals surface area contributed by atoms with Crippen LogP contribution in [-0.2, 0) is 17.8 Å². The van der Waals surface area contributed by atoms with Crippen molar-refractivity contribution < 1.29 is 4.74 Å². The van der Waals surface area contributed by atoms with Gasteiger partial charge in [-0.15, -0.1) is 5.10 Å². The third kappa shape index (κ3) is 2.05. The lowest BCUT2D eigenvalue weighted by Gasteiger charge is -2.05. The van der Waals surface area contributed by atoms with Gasteiger partial charge in [-0.3, -0.25) is 4.68 Å². The smallest absolute Gasteiger partial charge is 0.0962 e. The van der Waals surface area contributed by atoms with Crippen LogP contribution in [0.15, 0.2) is 6.20 Å². The zero-order valence-corrected chi connectivity index (χ0v) is 7.52. The van der Waals surface area contributed by atoms with E-state index in [1.54, 1.807) is 0 Å². The van der Waals surface area contributed by atoms with E-state index in [-0.39, 0.29) is 0 Å². The van der Waals surface area contributed by atoms with E-state index >= 15 is 0 Å². The van der Waals surface area contributed by atoms with Crippen molar-refractivity contribution in [1.29, 1.82) is 0 Å². The van der Waals surface area contributed by atoms with Crippen LogP contribution in [-0.4, -0.2) is 28.2 Å². The first-order valence-corrected chi connectivity index (χ1v) is 4.55. The molecule has 0 amide bonds. The SMILES string of the molecule is NCc1cn(CC2CCOC2)nn1. The summed E-state index contributed by atoms with van der Waals surface area (Å²) in [7, 11) is 0. The van der Waals surface area contributed by atoms with E-state index in [2.05, 4.69) is 10.3 Å². The van der Waals surface area contributed by atoms with E-state index in [0.29, 0.717) is 12.5 Å². The van der Waals surface area contributed by atoms with Crippen LogP contribution >= 0.6 is 0 Å². The summed E-state index contributed by atoms with van der Waals surface area (Å²) in [5.41, 5.74) is 6.28. The Bertz CT molecular complexity index is 267. The molecule has 5 heteroatoms. The topological polar surface area (TPSA) is 66.0 Å². The Morgan fingerprint density at radius 1 is 1.69 bits per heavy atom. The van der Waals surface area contributed by atoms with Crippen molar-refractivity contribution in [2.24, 2.45) is 11.7 Å². The summed E-state index contributed by atoms with van der Waals surface area (Å²) in [4.78, 5) is 0. The first kappa shape index (κ1) is 8.65. The van der Waals surface area contributed by atoms with Crippen molar-refractivity contribution in [2.75, 3.05) is 13.2 Å². The summed E-state index contributed by atoms with van der Waals surface area (Å²) in [6.07, 6.45) is 3.02. The Balaban J connectivity index is 1.92. The van der Waals surface area contributed by atoms with Crippen molar-refractivity contribution in [3.05, 3.63) is 11.9 Å². The lowest BCUT2D eigenvalue weighted by molar-refractivity contribution is 0.181. The van der Waals surface area contributed by atoms with Crippen molar-refractivity contribution in [3.63, 3.8) is 0 Å². The van der Waals surface area contributed by atoms with Crippen LogP contribution in [0.1, 0.15) is 12.1 Å². The summed E-state index contributed by atoms with van der Waals surface area (Å²) in [5, 5.41) is 7.91. The summed E-state index contributed by atoms with van der Waals surface area (Å²) in [6, 6.07) is 0. The van der Waals surface area contributed by atoms with Gasteiger partial charge in [0.25, 0.3) is 0 Å². The minimum atomic E-state index is 0.459. The predicted octanol–water partition coefficient (Wildman–Crippen LogP) is -0.227. The van der Waals surface area contributed by atoms with E-state index in [1.165, 1.54) is 0 Å². The van der Waals surface area contributed by atoms with Gasteiger partial charge >= 0.3 is 0 Å². The average Bonchev–Trinajstić information content (AvgIpc) is 2.76. The molecule has 72 valence electrons. The number of hydrogen-bond acceptors (Lipinski definition) is 4. The van der Waals surface area contributed by atoms with Gasteiger partial charge < -0.3 is 10.5 Å². The Morgan fingerprint density at radius 3 is 3.23 bits per heavy atom. The first-order chi connectivity index (χ1) is 6.38. The van der Waals surface area contributed by atoms with Gasteiger partial charge in [-0.2, -0.15) is 0 Å². The third-order valence-corrected chi connectivity index (χ3v) is 2.26. The molecule has 1 fully saturated rings. The molecule has 2 N–H and O–H groups in total. The molecule has 0 bridgehead atoms. The van der Waals surface area contributed by atoms with Gasteiger partial charge in [-0.25, -0.2) is 0 Å². The molecule has 0 saturated carbocycles. The number of nitrogens with zero attached hydrogens (tertiary/aromatic N) is 3. The van der Waals surface area contributed by atoms with Crippen molar-refractivity contribution in [2.45, 2.75) is 19.5 Å². The largest absolute Gasteiger partial charge is 0.381 e. The van der Waals surface area contributed by atoms with Crippen molar-refractivity contribution >= 4 is 0 Å². The molecule has 1 aliphatic rings. The van der Waals surface area contributed by atoms with Gasteiger partial charge in [0.05, 0.1) is 12.3 Å². The molecule has 1 saturated heterocycles. The maximum atomic E-state index is 5.43. The number of nitrogens with two attached hydrogens (primary N) is 1. The maximum absolute atomic E-state index is 5.43. The van der Waals surface area contributed by atoms with E-state index in [9.17, 15) is 0 Å². The summed E-state index contributed by atoms with van der Waals surface area (Å²) < 4.78 is 7.12. The summed E-state index contributed by atoms with van der Waals surface area (Å²) in [5.74, 6) is 0.590. The van der Waals surface area contributed by atoms with Gasteiger partial charge in [0.1, 0.15) is 0 Å². The molecule has 0 aromatic carbocycles. The van der Waals surface area contributed by atoms with Crippen LogP contribution in [0.4, 0.5) is 0 Å². The fourth-order valence-corrected chi connectivity index (χ4v) is 1.51. The first-order valence-electron chi connectivity index (χ1n) is 4.55. The second kappa shape index (κ2) is 3.85. The van der Waals surface area contributed by atoms with E-state index in [1.807, 2.05) is 10.9 Å². The standard InChI is InChI=1S/C8H14N4O/c9-3-8-5-12(11-10-8)4-7-1-2-13-6-7/h5,7H,1-4,6,9H2. The number of ether oxygens (including phenoxy) is 1. The number of rotatable bonds is 3. The molecular weight excluding hydrogens is 168 g/mol. The molecule has 1 aliphatic heterocycles. The average molecular weight is 182 g/mol. The van der Waals surface area contributed by atoms with E-state index in [4.69, 9.17) is 10.5 Å². The molecule has 0 radical (unpaired) electrons. The lowest BCUT2D eigenvalue weighted by Crippen LogP contribution is -2.11. The third-order valence-electron chi connectivity index (χ3n) is 2.26. The zero-order valence-electron chi connectivity index (χ0n) is 7.52. The molecule has 1 unspecified atom stereocenters. The molecule has 1 atom stereocenters. The molecule has 1 aromatic rings. The van der Waals surface area contributed by atoms with Gasteiger partial charge in [-0.05, 0) is 6.42 Å². The van der Waals surface area contributed by atoms with Crippen molar-refractivity contribution in [3.8, 4) is 0 Å². The minimum Gasteiger partial charge on any atom is -0.381 e. The molecule has 13 heavy (non-hydrogen) atoms. The highest BCUT2D eigenvalue weighted by Crippen LogP contribution is 2.13. The minimum absolute atomic E-state index is 0.459. The van der Waals surface area contributed by atoms with E-state index < -0.39 is 0 Å². The van der Waals surface area contributed by atoms with Gasteiger partial charge in [0, 0.05) is 31.8 Å². The highest BCUT2D eigenvalue weighted by atomic mass is 16.5. The Kier molecular flexibility index (Phi) is 2.56. The molecule has 0 spiro atoms. The second-order valence-electron chi connectivity index (χ2n) is 3.37. The van der Waals surface area contributed by atoms with Crippen LogP contribution in [0, 0.1) is 5.92 Å². The molecule has 2 heterocycles. The second-order valence-corrected chi connectivity index (χ2v) is 3.37. The Hall–Kier alpha value is -0.940. The van der Waals surface area contributed by atoms with Gasteiger partial charge in [0.2, 0.25) is 0 Å². The normalized spacial score (nSPS) is 22.4. The lowest BCUT2D eigenvalue weighted by atomic mass is 10.1. The molecule has 0 aliphatic carbocycles. The van der Waals surface area contributed by atoms with Crippen LogP contribution in [0.2, 0.25) is 0 Å². The number of hydrogen-bond donors (Lipinski definition) is 1. The molecule has 2 rings (SSSR count). The fourth-order valence-electron chi connectivity index (χ4n) is 1.51. The molecule has 1 aromatic heterocycles. The Morgan fingerprint density at radius 2 is 2.62 bits per heavy atom. The monoisotopic (exact) mass is 182 g/mol. The van der Waals surface area contributed by atoms with Crippen molar-refractivity contribution in [1.82, 2.24) is 15.0 Å². The number of aromatic nitrogens is 3. The van der Waals surface area contributed by atoms with Crippen LogP contribution in [0.5, 0.6) is 0 Å². The van der Waals surface area contributed by atoms with E-state index in [0.717, 1.165) is 31.9 Å². The highest BCUT2D eigenvalue weighted by molar-refractivity contribution is 4.90. The predicted molar refractivity (Wildman–Crippen MR) is 46.8 cm³/mol. The molecule has 5 nitrogen and oxygen atoms in total. The van der Waals surface area contributed by atoms with Gasteiger partial charge in [0.15, 0.2) is 0 Å². The van der Waals surface area contributed by atoms with Crippen LogP contribution < -0.4 is 5.73 Å². The van der Waals surface area contributed by atoms with Crippen LogP contribution in [0.25, 0.3) is 0 Å². The van der Waals surface area contributed by atoms with Gasteiger partial charge in [-0.1, -0.05) is 5.21 Å². The summed E-state index contributed by atoms with van der Waals surface area (Å²) in [6.45, 7) is 3.08. The zero-order chi connectivity index (χ0) is 9.10. The summed E-state index contributed by atoms with van der Waals surface area (Å²) >= 11 is 0. The molecular formula is C8H14N4O. The highest BCUT2D eigenvalue weighted by Gasteiger charge is 2.16. The Labute approximate surface area is 76.9 Å². The quantitative estimate of drug-likeness (QED) is 0.701. The van der Waals surface area contributed by atoms with Crippen LogP contribution in [0.3, 0.4) is 0 Å².